The summed E-state index contributed by atoms with van der Waals surface area (Å²) in [6.07, 6.45) is 0.878. The van der Waals surface area contributed by atoms with Crippen LogP contribution in [0, 0.1) is 0 Å². The molecule has 1 heterocycles. The topological polar surface area (TPSA) is 58.4 Å². The van der Waals surface area contributed by atoms with Gasteiger partial charge in [0, 0.05) is 23.6 Å². The van der Waals surface area contributed by atoms with Gasteiger partial charge in [-0.15, -0.1) is 0 Å². The quantitative estimate of drug-likeness (QED) is 0.828. The van der Waals surface area contributed by atoms with Crippen molar-refractivity contribution in [3.8, 4) is 0 Å². The Morgan fingerprint density at radius 1 is 1.50 bits per heavy atom. The third kappa shape index (κ3) is 2.54. The molecule has 1 atom stereocenters. The number of nitrogens with one attached hydrogen (secondary N) is 1. The zero-order valence-electron chi connectivity index (χ0n) is 8.82. The molecule has 2 rings (SSSR count). The lowest BCUT2D eigenvalue weighted by Crippen LogP contribution is -2.35. The molecule has 4 nitrogen and oxygen atoms in total. The summed E-state index contributed by atoms with van der Waals surface area (Å²) >= 11 is 3.39. The summed E-state index contributed by atoms with van der Waals surface area (Å²) in [7, 11) is 0. The molecule has 1 unspecified atom stereocenters. The van der Waals surface area contributed by atoms with Crippen molar-refractivity contribution in [1.82, 2.24) is 4.90 Å². The summed E-state index contributed by atoms with van der Waals surface area (Å²) in [5, 5.41) is 2.86. The van der Waals surface area contributed by atoms with Gasteiger partial charge in [-0.2, -0.15) is 0 Å². The van der Waals surface area contributed by atoms with Crippen molar-refractivity contribution in [1.29, 1.82) is 0 Å². The molecule has 1 aromatic rings. The smallest absolute Gasteiger partial charge is 0.321 e. The first kappa shape index (κ1) is 11.4. The number of carbonyl (C=O) groups excluding carboxylic acids is 1. The van der Waals surface area contributed by atoms with Gasteiger partial charge in [-0.1, -0.05) is 12.1 Å². The van der Waals surface area contributed by atoms with Gasteiger partial charge in [-0.05, 0) is 34.5 Å². The summed E-state index contributed by atoms with van der Waals surface area (Å²) in [5.74, 6) is 0. The van der Waals surface area contributed by atoms with Gasteiger partial charge in [0.1, 0.15) is 0 Å². The molecule has 86 valence electrons. The highest BCUT2D eigenvalue weighted by atomic mass is 79.9. The third-order valence-corrected chi connectivity index (χ3v) is 3.32. The maximum atomic E-state index is 11.9. The highest BCUT2D eigenvalue weighted by Crippen LogP contribution is 2.22. The third-order valence-electron chi connectivity index (χ3n) is 2.63. The minimum atomic E-state index is -0.0835. The number of nitrogens with zero attached hydrogens (tertiary/aromatic N) is 1. The van der Waals surface area contributed by atoms with Gasteiger partial charge in [-0.25, -0.2) is 4.79 Å². The number of nitrogens with two attached hydrogens (primary N) is 1. The van der Waals surface area contributed by atoms with E-state index in [4.69, 9.17) is 5.73 Å². The molecule has 1 aromatic carbocycles. The van der Waals surface area contributed by atoms with Crippen molar-refractivity contribution in [2.24, 2.45) is 5.73 Å². The van der Waals surface area contributed by atoms with E-state index in [1.807, 2.05) is 24.3 Å². The maximum Gasteiger partial charge on any atom is 0.321 e. The van der Waals surface area contributed by atoms with Crippen LogP contribution in [0.4, 0.5) is 10.5 Å². The van der Waals surface area contributed by atoms with Crippen LogP contribution >= 0.6 is 15.9 Å². The number of para-hydroxylation sites is 1. The Balaban J connectivity index is 2.00. The van der Waals surface area contributed by atoms with Crippen LogP contribution in [0.5, 0.6) is 0 Å². The number of benzene rings is 1. The second kappa shape index (κ2) is 4.84. The lowest BCUT2D eigenvalue weighted by molar-refractivity contribution is 0.222. The predicted octanol–water partition coefficient (Wildman–Crippen LogP) is 2.01. The van der Waals surface area contributed by atoms with E-state index >= 15 is 0 Å². The molecule has 16 heavy (non-hydrogen) atoms. The van der Waals surface area contributed by atoms with E-state index in [1.165, 1.54) is 0 Å². The Morgan fingerprint density at radius 2 is 2.25 bits per heavy atom. The Bertz CT molecular complexity index is 397. The molecular weight excluding hydrogens is 270 g/mol. The molecule has 0 saturated carbocycles. The molecule has 0 aliphatic carbocycles. The molecule has 1 aliphatic rings. The Morgan fingerprint density at radius 3 is 2.88 bits per heavy atom. The fraction of sp³-hybridized carbons (Fsp3) is 0.364. The van der Waals surface area contributed by atoms with E-state index < -0.39 is 0 Å². The van der Waals surface area contributed by atoms with E-state index in [0.717, 1.165) is 23.1 Å². The fourth-order valence-electron chi connectivity index (χ4n) is 1.73. The summed E-state index contributed by atoms with van der Waals surface area (Å²) < 4.78 is 0.881. The van der Waals surface area contributed by atoms with Crippen molar-refractivity contribution in [2.75, 3.05) is 18.4 Å². The molecular formula is C11H14BrN3O. The van der Waals surface area contributed by atoms with Crippen LogP contribution < -0.4 is 11.1 Å². The van der Waals surface area contributed by atoms with Gasteiger partial charge in [0.15, 0.2) is 0 Å². The van der Waals surface area contributed by atoms with Crippen LogP contribution in [0.3, 0.4) is 0 Å². The zero-order chi connectivity index (χ0) is 11.5. The van der Waals surface area contributed by atoms with E-state index in [0.29, 0.717) is 6.54 Å². The fourth-order valence-corrected chi connectivity index (χ4v) is 2.11. The molecule has 0 radical (unpaired) electrons. The van der Waals surface area contributed by atoms with Crippen molar-refractivity contribution < 1.29 is 4.79 Å². The number of carbonyl (C=O) groups is 1. The molecule has 1 saturated heterocycles. The summed E-state index contributed by atoms with van der Waals surface area (Å²) in [4.78, 5) is 13.6. The zero-order valence-corrected chi connectivity index (χ0v) is 10.4. The first-order valence-corrected chi connectivity index (χ1v) is 6.02. The Hall–Kier alpha value is -1.07. The van der Waals surface area contributed by atoms with Gasteiger partial charge < -0.3 is 16.0 Å². The van der Waals surface area contributed by atoms with Crippen LogP contribution in [0.2, 0.25) is 0 Å². The molecule has 1 aliphatic heterocycles. The van der Waals surface area contributed by atoms with Crippen LogP contribution in [0.15, 0.2) is 28.7 Å². The molecule has 2 amide bonds. The van der Waals surface area contributed by atoms with Crippen molar-refractivity contribution in [3.05, 3.63) is 28.7 Å². The standard InChI is InChI=1S/C11H14BrN3O/c12-9-3-1-2-4-10(9)14-11(16)15-6-5-8(13)7-15/h1-4,8H,5-7,13H2,(H,14,16). The Kier molecular flexibility index (Phi) is 3.46. The number of anilines is 1. The number of hydrogen-bond donors (Lipinski definition) is 2. The minimum absolute atomic E-state index is 0.0835. The predicted molar refractivity (Wildman–Crippen MR) is 67.3 cm³/mol. The normalized spacial score (nSPS) is 19.9. The highest BCUT2D eigenvalue weighted by Gasteiger charge is 2.23. The monoisotopic (exact) mass is 283 g/mol. The highest BCUT2D eigenvalue weighted by molar-refractivity contribution is 9.10. The first-order chi connectivity index (χ1) is 7.66. The second-order valence-electron chi connectivity index (χ2n) is 3.90. The van der Waals surface area contributed by atoms with Gasteiger partial charge in [-0.3, -0.25) is 0 Å². The van der Waals surface area contributed by atoms with Crippen LogP contribution in [-0.4, -0.2) is 30.1 Å². The molecule has 0 aromatic heterocycles. The first-order valence-electron chi connectivity index (χ1n) is 5.23. The van der Waals surface area contributed by atoms with E-state index in [-0.39, 0.29) is 12.1 Å². The van der Waals surface area contributed by atoms with Gasteiger partial charge in [0.25, 0.3) is 0 Å². The van der Waals surface area contributed by atoms with Gasteiger partial charge >= 0.3 is 6.03 Å². The maximum absolute atomic E-state index is 11.9. The van der Waals surface area contributed by atoms with Crippen molar-refractivity contribution in [3.63, 3.8) is 0 Å². The summed E-state index contributed by atoms with van der Waals surface area (Å²) in [5.41, 5.74) is 6.54. The lowest BCUT2D eigenvalue weighted by atomic mass is 10.3. The average Bonchev–Trinajstić information content (AvgIpc) is 2.68. The summed E-state index contributed by atoms with van der Waals surface area (Å²) in [6, 6.07) is 7.58. The largest absolute Gasteiger partial charge is 0.326 e. The molecule has 1 fully saturated rings. The molecule has 0 bridgehead atoms. The van der Waals surface area contributed by atoms with E-state index in [2.05, 4.69) is 21.2 Å². The molecule has 5 heteroatoms. The number of halogens is 1. The van der Waals surface area contributed by atoms with Gasteiger partial charge in [0.2, 0.25) is 0 Å². The average molecular weight is 284 g/mol. The lowest BCUT2D eigenvalue weighted by Gasteiger charge is -2.17. The molecule has 3 N–H and O–H groups in total. The number of urea groups is 1. The number of amides is 2. The molecule has 0 spiro atoms. The number of rotatable bonds is 1. The van der Waals surface area contributed by atoms with E-state index in [9.17, 15) is 4.79 Å². The van der Waals surface area contributed by atoms with Crippen molar-refractivity contribution in [2.45, 2.75) is 12.5 Å². The van der Waals surface area contributed by atoms with Crippen molar-refractivity contribution >= 4 is 27.6 Å². The Labute approximate surface area is 103 Å². The number of hydrogen-bond acceptors (Lipinski definition) is 2. The van der Waals surface area contributed by atoms with Crippen LogP contribution in [0.1, 0.15) is 6.42 Å². The van der Waals surface area contributed by atoms with E-state index in [1.54, 1.807) is 4.90 Å². The SMILES string of the molecule is NC1CCN(C(=O)Nc2ccccc2Br)C1. The minimum Gasteiger partial charge on any atom is -0.326 e. The summed E-state index contributed by atoms with van der Waals surface area (Å²) in [6.45, 7) is 1.37. The van der Waals surface area contributed by atoms with Crippen LogP contribution in [0.25, 0.3) is 0 Å². The number of likely N-dealkylation sites (tertiary alicyclic amines) is 1. The van der Waals surface area contributed by atoms with Gasteiger partial charge in [0.05, 0.1) is 5.69 Å². The van der Waals surface area contributed by atoms with Crippen LogP contribution in [-0.2, 0) is 0 Å². The second-order valence-corrected chi connectivity index (χ2v) is 4.76.